The maximum atomic E-state index is 2.35. The number of hydrogen-bond donors (Lipinski definition) is 0. The van der Waals surface area contributed by atoms with E-state index in [-0.39, 0.29) is 5.41 Å². The molecule has 0 bridgehead atoms. The zero-order chi connectivity index (χ0) is 19.5. The lowest BCUT2D eigenvalue weighted by Gasteiger charge is -2.33. The first-order valence-electron chi connectivity index (χ1n) is 9.79. The van der Waals surface area contributed by atoms with Gasteiger partial charge in [-0.2, -0.15) is 0 Å². The van der Waals surface area contributed by atoms with Gasteiger partial charge in [0.2, 0.25) is 0 Å². The number of rotatable bonds is 5. The van der Waals surface area contributed by atoms with E-state index in [1.807, 2.05) is 0 Å². The molecule has 0 unspecified atom stereocenters. The minimum atomic E-state index is -0.0734. The second kappa shape index (κ2) is 8.08. The molecule has 0 amide bonds. The van der Waals surface area contributed by atoms with Crippen molar-refractivity contribution in [3.8, 4) is 0 Å². The van der Waals surface area contributed by atoms with Gasteiger partial charge in [0.25, 0.3) is 0 Å². The SMILES string of the molecule is C/C=C\C(=C/C)C(C)(C)c1c(/C=C\C)c(C)c(C(C)C)c2ccccc12. The average Bonchev–Trinajstić information content (AvgIpc) is 2.59. The van der Waals surface area contributed by atoms with E-state index in [1.54, 1.807) is 0 Å². The normalized spacial score (nSPS) is 13.7. The molecule has 0 aliphatic carbocycles. The van der Waals surface area contributed by atoms with Crippen molar-refractivity contribution in [2.75, 3.05) is 0 Å². The third kappa shape index (κ3) is 3.43. The highest BCUT2D eigenvalue weighted by molar-refractivity contribution is 5.95. The first-order valence-corrected chi connectivity index (χ1v) is 9.79. The number of hydrogen-bond acceptors (Lipinski definition) is 0. The first kappa shape index (κ1) is 20.2. The van der Waals surface area contributed by atoms with Crippen molar-refractivity contribution in [3.63, 3.8) is 0 Å². The Bertz CT molecular complexity index is 871. The van der Waals surface area contributed by atoms with Gasteiger partial charge in [-0.3, -0.25) is 0 Å². The van der Waals surface area contributed by atoms with Crippen molar-refractivity contribution >= 4 is 16.8 Å². The number of fused-ring (bicyclic) bond motifs is 1. The quantitative estimate of drug-likeness (QED) is 0.480. The summed E-state index contributed by atoms with van der Waals surface area (Å²) in [4.78, 5) is 0. The van der Waals surface area contributed by atoms with E-state index >= 15 is 0 Å². The fraction of sp³-hybridized carbons (Fsp3) is 0.385. The Hall–Kier alpha value is -2.08. The van der Waals surface area contributed by atoms with Crippen LogP contribution in [0.15, 0.2) is 54.1 Å². The second-order valence-corrected chi connectivity index (χ2v) is 7.90. The second-order valence-electron chi connectivity index (χ2n) is 7.90. The first-order chi connectivity index (χ1) is 12.3. The zero-order valence-electron chi connectivity index (χ0n) is 17.8. The van der Waals surface area contributed by atoms with Gasteiger partial charge in [-0.25, -0.2) is 0 Å². The van der Waals surface area contributed by atoms with Crippen molar-refractivity contribution in [2.24, 2.45) is 0 Å². The molecule has 0 aromatic heterocycles. The van der Waals surface area contributed by atoms with Gasteiger partial charge in [-0.15, -0.1) is 0 Å². The van der Waals surface area contributed by atoms with Crippen molar-refractivity contribution < 1.29 is 0 Å². The minimum absolute atomic E-state index is 0.0734. The molecule has 0 radical (unpaired) electrons. The van der Waals surface area contributed by atoms with Crippen LogP contribution < -0.4 is 0 Å². The van der Waals surface area contributed by atoms with E-state index in [2.05, 4.69) is 110 Å². The molecule has 0 atom stereocenters. The van der Waals surface area contributed by atoms with Crippen LogP contribution >= 0.6 is 0 Å². The van der Waals surface area contributed by atoms with Crippen LogP contribution in [-0.4, -0.2) is 0 Å². The predicted octanol–water partition coefficient (Wildman–Crippen LogP) is 8.10. The molecular weight excluding hydrogens is 312 g/mol. The van der Waals surface area contributed by atoms with Crippen LogP contribution in [0.25, 0.3) is 16.8 Å². The van der Waals surface area contributed by atoms with Crippen LogP contribution in [0.5, 0.6) is 0 Å². The van der Waals surface area contributed by atoms with Crippen molar-refractivity contribution in [1.29, 1.82) is 0 Å². The lowest BCUT2D eigenvalue weighted by atomic mass is 9.70. The number of benzene rings is 2. The van der Waals surface area contributed by atoms with Gasteiger partial charge in [-0.1, -0.05) is 82.3 Å². The summed E-state index contributed by atoms with van der Waals surface area (Å²) in [6.45, 7) is 18.0. The monoisotopic (exact) mass is 346 g/mol. The molecule has 2 rings (SSSR count). The summed E-state index contributed by atoms with van der Waals surface area (Å²) in [6.07, 6.45) is 11.1. The fourth-order valence-corrected chi connectivity index (χ4v) is 4.40. The van der Waals surface area contributed by atoms with Crippen molar-refractivity contribution in [1.82, 2.24) is 0 Å². The Morgan fingerprint density at radius 1 is 0.962 bits per heavy atom. The van der Waals surface area contributed by atoms with Gasteiger partial charge in [0.05, 0.1) is 0 Å². The van der Waals surface area contributed by atoms with Gasteiger partial charge >= 0.3 is 0 Å². The summed E-state index contributed by atoms with van der Waals surface area (Å²) in [5.74, 6) is 0.498. The lowest BCUT2D eigenvalue weighted by molar-refractivity contribution is 0.641. The Morgan fingerprint density at radius 3 is 2.08 bits per heavy atom. The van der Waals surface area contributed by atoms with Gasteiger partial charge in [-0.05, 0) is 72.2 Å². The smallest absolute Gasteiger partial charge is 0.0155 e. The maximum Gasteiger partial charge on any atom is 0.0155 e. The molecule has 0 saturated heterocycles. The molecule has 0 spiro atoms. The van der Waals surface area contributed by atoms with E-state index in [4.69, 9.17) is 0 Å². The van der Waals surface area contributed by atoms with E-state index < -0.39 is 0 Å². The predicted molar refractivity (Wildman–Crippen MR) is 119 cm³/mol. The molecule has 0 heteroatoms. The maximum absolute atomic E-state index is 2.35. The van der Waals surface area contributed by atoms with E-state index in [0.29, 0.717) is 5.92 Å². The molecule has 0 N–H and O–H groups in total. The van der Waals surface area contributed by atoms with Crippen LogP contribution in [0.1, 0.15) is 76.6 Å². The van der Waals surface area contributed by atoms with E-state index in [0.717, 1.165) is 0 Å². The van der Waals surface area contributed by atoms with Gasteiger partial charge in [0, 0.05) is 5.41 Å². The van der Waals surface area contributed by atoms with Crippen molar-refractivity contribution in [3.05, 3.63) is 76.4 Å². The van der Waals surface area contributed by atoms with Crippen LogP contribution in [0.2, 0.25) is 0 Å². The molecule has 2 aromatic rings. The molecular formula is C26H34. The molecule has 0 saturated carbocycles. The summed E-state index contributed by atoms with van der Waals surface area (Å²) < 4.78 is 0. The van der Waals surface area contributed by atoms with E-state index in [9.17, 15) is 0 Å². The Labute approximate surface area is 160 Å². The topological polar surface area (TPSA) is 0 Å². The highest BCUT2D eigenvalue weighted by Crippen LogP contribution is 2.44. The molecule has 0 fully saturated rings. The molecule has 0 aliphatic heterocycles. The van der Waals surface area contributed by atoms with Crippen LogP contribution in [0, 0.1) is 6.92 Å². The van der Waals surface area contributed by atoms with Gasteiger partial charge < -0.3 is 0 Å². The molecule has 26 heavy (non-hydrogen) atoms. The van der Waals surface area contributed by atoms with E-state index in [1.165, 1.54) is 38.6 Å². The molecule has 0 aliphatic rings. The zero-order valence-corrected chi connectivity index (χ0v) is 17.8. The largest absolute Gasteiger partial charge is 0.0874 e. The Balaban J connectivity index is 3.06. The minimum Gasteiger partial charge on any atom is -0.0874 e. The van der Waals surface area contributed by atoms with Crippen molar-refractivity contribution in [2.45, 2.75) is 66.7 Å². The molecule has 2 aromatic carbocycles. The van der Waals surface area contributed by atoms with Crippen LogP contribution in [0.4, 0.5) is 0 Å². The molecule has 138 valence electrons. The highest BCUT2D eigenvalue weighted by Gasteiger charge is 2.30. The van der Waals surface area contributed by atoms with Crippen LogP contribution in [0.3, 0.4) is 0 Å². The fourth-order valence-electron chi connectivity index (χ4n) is 4.40. The summed E-state index contributed by atoms with van der Waals surface area (Å²) in [6, 6.07) is 8.93. The van der Waals surface area contributed by atoms with Gasteiger partial charge in [0.1, 0.15) is 0 Å². The number of allylic oxidation sites excluding steroid dienone is 5. The Morgan fingerprint density at radius 2 is 1.58 bits per heavy atom. The third-order valence-electron chi connectivity index (χ3n) is 5.48. The standard InChI is InChI=1S/C26H34/c1-9-14-20(11-3)26(7,8)25-21(15-10-2)19(6)24(18(4)5)22-16-12-13-17-23(22)25/h9-18H,1-8H3/b14-9-,15-10-,20-11+. The van der Waals surface area contributed by atoms with Gasteiger partial charge in [0.15, 0.2) is 0 Å². The average molecular weight is 347 g/mol. The summed E-state index contributed by atoms with van der Waals surface area (Å²) in [7, 11) is 0. The highest BCUT2D eigenvalue weighted by atomic mass is 14.3. The molecule has 0 nitrogen and oxygen atoms in total. The third-order valence-corrected chi connectivity index (χ3v) is 5.48. The summed E-state index contributed by atoms with van der Waals surface area (Å²) in [5.41, 5.74) is 6.98. The Kier molecular flexibility index (Phi) is 6.29. The summed E-state index contributed by atoms with van der Waals surface area (Å²) in [5, 5.41) is 2.77. The lowest BCUT2D eigenvalue weighted by Crippen LogP contribution is -2.22. The van der Waals surface area contributed by atoms with Crippen LogP contribution in [-0.2, 0) is 5.41 Å². The summed E-state index contributed by atoms with van der Waals surface area (Å²) >= 11 is 0. The molecule has 0 heterocycles.